The first-order chi connectivity index (χ1) is 8.56. The zero-order valence-corrected chi connectivity index (χ0v) is 9.81. The van der Waals surface area contributed by atoms with Crippen LogP contribution in [0.5, 0.6) is 0 Å². The van der Waals surface area contributed by atoms with E-state index in [9.17, 15) is 9.18 Å². The lowest BCUT2D eigenvalue weighted by Crippen LogP contribution is -1.97. The second-order valence-electron chi connectivity index (χ2n) is 3.98. The van der Waals surface area contributed by atoms with Gasteiger partial charge in [-0.15, -0.1) is 0 Å². The number of hydrogen-bond donors (Lipinski definition) is 1. The van der Waals surface area contributed by atoms with Crippen molar-refractivity contribution in [3.05, 3.63) is 41.7 Å². The fraction of sp³-hybridized carbons (Fsp3) is 0.231. The molecule has 0 radical (unpaired) electrons. The van der Waals surface area contributed by atoms with E-state index in [2.05, 4.69) is 4.98 Å². The van der Waals surface area contributed by atoms with E-state index in [1.54, 1.807) is 19.1 Å². The lowest BCUT2D eigenvalue weighted by Gasteiger charge is -1.99. The summed E-state index contributed by atoms with van der Waals surface area (Å²) in [6.45, 7) is 1.68. The predicted molar refractivity (Wildman–Crippen MR) is 62.6 cm³/mol. The van der Waals surface area contributed by atoms with Crippen LogP contribution in [0.2, 0.25) is 0 Å². The molecule has 0 aliphatic carbocycles. The number of carboxylic acid groups (broad SMARTS) is 1. The zero-order chi connectivity index (χ0) is 13.1. The van der Waals surface area contributed by atoms with E-state index in [1.807, 2.05) is 0 Å². The van der Waals surface area contributed by atoms with Crippen molar-refractivity contribution in [3.8, 4) is 11.3 Å². The fourth-order valence-electron chi connectivity index (χ4n) is 1.52. The van der Waals surface area contributed by atoms with Crippen molar-refractivity contribution in [2.24, 2.45) is 0 Å². The monoisotopic (exact) mass is 249 g/mol. The number of aromatic nitrogens is 1. The molecule has 0 saturated carbocycles. The summed E-state index contributed by atoms with van der Waals surface area (Å²) in [5, 5.41) is 8.55. The Morgan fingerprint density at radius 2 is 2.28 bits per heavy atom. The normalized spacial score (nSPS) is 10.6. The molecule has 18 heavy (non-hydrogen) atoms. The summed E-state index contributed by atoms with van der Waals surface area (Å²) in [5.41, 5.74) is 1.15. The fourth-order valence-corrected chi connectivity index (χ4v) is 1.52. The van der Waals surface area contributed by atoms with Crippen molar-refractivity contribution in [1.29, 1.82) is 0 Å². The Balaban J connectivity index is 2.18. The molecule has 4 nitrogen and oxygen atoms in total. The molecule has 0 amide bonds. The van der Waals surface area contributed by atoms with E-state index < -0.39 is 5.97 Å². The van der Waals surface area contributed by atoms with Gasteiger partial charge in [0, 0.05) is 12.0 Å². The summed E-state index contributed by atoms with van der Waals surface area (Å²) in [5.74, 6) is -0.435. The van der Waals surface area contributed by atoms with Gasteiger partial charge in [0.1, 0.15) is 5.82 Å². The van der Waals surface area contributed by atoms with Gasteiger partial charge in [-0.2, -0.15) is 0 Å². The Hall–Kier alpha value is -2.17. The van der Waals surface area contributed by atoms with Crippen molar-refractivity contribution in [1.82, 2.24) is 4.98 Å². The lowest BCUT2D eigenvalue weighted by atomic mass is 10.1. The topological polar surface area (TPSA) is 63.3 Å². The number of hydrogen-bond acceptors (Lipinski definition) is 3. The first kappa shape index (κ1) is 12.3. The number of carboxylic acids is 1. The molecule has 2 aromatic rings. The van der Waals surface area contributed by atoms with Gasteiger partial charge in [-0.25, -0.2) is 9.37 Å². The Morgan fingerprint density at radius 3 is 2.94 bits per heavy atom. The van der Waals surface area contributed by atoms with Crippen LogP contribution < -0.4 is 0 Å². The number of carbonyl (C=O) groups is 1. The summed E-state index contributed by atoms with van der Waals surface area (Å²) in [6.07, 6.45) is 1.66. The second kappa shape index (κ2) is 5.00. The Labute approximate surface area is 103 Å². The van der Waals surface area contributed by atoms with Crippen LogP contribution in [0.1, 0.15) is 17.9 Å². The summed E-state index contributed by atoms with van der Waals surface area (Å²) in [6, 6.07) is 4.76. The van der Waals surface area contributed by atoms with Crippen LogP contribution >= 0.6 is 0 Å². The molecule has 1 N–H and O–H groups in total. The number of aryl methyl sites for hydroxylation is 2. The highest BCUT2D eigenvalue weighted by atomic mass is 19.1. The molecule has 0 aliphatic rings. The Morgan fingerprint density at radius 1 is 1.50 bits per heavy atom. The maximum Gasteiger partial charge on any atom is 0.303 e. The first-order valence-electron chi connectivity index (χ1n) is 5.49. The highest BCUT2D eigenvalue weighted by Crippen LogP contribution is 2.22. The van der Waals surface area contributed by atoms with Gasteiger partial charge in [-0.3, -0.25) is 4.79 Å². The minimum Gasteiger partial charge on any atom is -0.481 e. The molecule has 1 heterocycles. The quantitative estimate of drug-likeness (QED) is 0.904. The minimum atomic E-state index is -0.906. The van der Waals surface area contributed by atoms with Crippen LogP contribution in [0.4, 0.5) is 4.39 Å². The highest BCUT2D eigenvalue weighted by molar-refractivity contribution is 5.66. The van der Waals surface area contributed by atoms with Gasteiger partial charge >= 0.3 is 5.97 Å². The molecule has 5 heteroatoms. The molecule has 0 unspecified atom stereocenters. The molecule has 1 aromatic heterocycles. The smallest absolute Gasteiger partial charge is 0.303 e. The van der Waals surface area contributed by atoms with Crippen LogP contribution in [0.15, 0.2) is 28.8 Å². The van der Waals surface area contributed by atoms with Crippen LogP contribution in [0, 0.1) is 12.7 Å². The summed E-state index contributed by atoms with van der Waals surface area (Å²) in [4.78, 5) is 14.4. The van der Waals surface area contributed by atoms with Crippen molar-refractivity contribution < 1.29 is 18.7 Å². The average molecular weight is 249 g/mol. The van der Waals surface area contributed by atoms with Gasteiger partial charge in [0.25, 0.3) is 0 Å². The average Bonchev–Trinajstić information content (AvgIpc) is 2.79. The van der Waals surface area contributed by atoms with E-state index in [-0.39, 0.29) is 18.7 Å². The van der Waals surface area contributed by atoms with Crippen LogP contribution in [0.3, 0.4) is 0 Å². The Bertz CT molecular complexity index is 577. The SMILES string of the molecule is Cc1ccc(-c2cnc(CCC(=O)O)o2)cc1F. The van der Waals surface area contributed by atoms with Gasteiger partial charge in [0.15, 0.2) is 11.7 Å². The molecule has 0 bridgehead atoms. The molecule has 0 spiro atoms. The standard InChI is InChI=1S/C13H12FNO3/c1-8-2-3-9(6-10(8)14)11-7-15-12(18-11)4-5-13(16)17/h2-3,6-7H,4-5H2,1H3,(H,16,17). The molecular formula is C13H12FNO3. The third kappa shape index (κ3) is 2.74. The number of aliphatic carboxylic acids is 1. The second-order valence-corrected chi connectivity index (χ2v) is 3.98. The summed E-state index contributed by atoms with van der Waals surface area (Å²) in [7, 11) is 0. The van der Waals surface area contributed by atoms with Crippen molar-refractivity contribution in [2.75, 3.05) is 0 Å². The van der Waals surface area contributed by atoms with E-state index in [4.69, 9.17) is 9.52 Å². The predicted octanol–water partition coefficient (Wildman–Crippen LogP) is 2.81. The van der Waals surface area contributed by atoms with E-state index in [0.717, 1.165) is 0 Å². The van der Waals surface area contributed by atoms with Crippen LogP contribution in [-0.2, 0) is 11.2 Å². The van der Waals surface area contributed by atoms with Crippen LogP contribution in [-0.4, -0.2) is 16.1 Å². The van der Waals surface area contributed by atoms with Crippen molar-refractivity contribution >= 4 is 5.97 Å². The molecule has 1 aromatic carbocycles. The summed E-state index contributed by atoms with van der Waals surface area (Å²) >= 11 is 0. The molecule has 0 aliphatic heterocycles. The molecule has 94 valence electrons. The van der Waals surface area contributed by atoms with Crippen molar-refractivity contribution in [3.63, 3.8) is 0 Å². The number of halogens is 1. The molecule has 0 saturated heterocycles. The third-order valence-corrected chi connectivity index (χ3v) is 2.56. The minimum absolute atomic E-state index is 0.0395. The first-order valence-corrected chi connectivity index (χ1v) is 5.49. The number of benzene rings is 1. The lowest BCUT2D eigenvalue weighted by molar-refractivity contribution is -0.137. The molecule has 2 rings (SSSR count). The maximum absolute atomic E-state index is 13.4. The van der Waals surface area contributed by atoms with Gasteiger partial charge in [0.05, 0.1) is 12.6 Å². The summed E-state index contributed by atoms with van der Waals surface area (Å²) < 4.78 is 18.8. The van der Waals surface area contributed by atoms with E-state index in [1.165, 1.54) is 12.3 Å². The molecule has 0 atom stereocenters. The number of rotatable bonds is 4. The van der Waals surface area contributed by atoms with Gasteiger partial charge < -0.3 is 9.52 Å². The van der Waals surface area contributed by atoms with E-state index in [0.29, 0.717) is 22.8 Å². The molecular weight excluding hydrogens is 237 g/mol. The van der Waals surface area contributed by atoms with E-state index >= 15 is 0 Å². The van der Waals surface area contributed by atoms with Gasteiger partial charge in [-0.1, -0.05) is 12.1 Å². The third-order valence-electron chi connectivity index (χ3n) is 2.56. The highest BCUT2D eigenvalue weighted by Gasteiger charge is 2.09. The van der Waals surface area contributed by atoms with Gasteiger partial charge in [0.2, 0.25) is 0 Å². The Kier molecular flexibility index (Phi) is 3.41. The number of oxazole rings is 1. The largest absolute Gasteiger partial charge is 0.481 e. The van der Waals surface area contributed by atoms with Crippen LogP contribution in [0.25, 0.3) is 11.3 Å². The number of nitrogens with zero attached hydrogens (tertiary/aromatic N) is 1. The zero-order valence-electron chi connectivity index (χ0n) is 9.81. The van der Waals surface area contributed by atoms with Gasteiger partial charge in [-0.05, 0) is 18.6 Å². The maximum atomic E-state index is 13.4. The van der Waals surface area contributed by atoms with Crippen molar-refractivity contribution in [2.45, 2.75) is 19.8 Å². The molecule has 0 fully saturated rings.